The number of benzene rings is 1. The third-order valence-electron chi connectivity index (χ3n) is 3.87. The van der Waals surface area contributed by atoms with E-state index >= 15 is 0 Å². The van der Waals surface area contributed by atoms with E-state index in [1.165, 1.54) is 6.07 Å². The first-order valence-corrected chi connectivity index (χ1v) is 9.75. The molecule has 2 rings (SSSR count). The maximum Gasteiger partial charge on any atom is 0.241 e. The molecule has 0 radical (unpaired) electrons. The van der Waals surface area contributed by atoms with Gasteiger partial charge in [0.25, 0.3) is 0 Å². The Hall–Kier alpha value is -2.78. The lowest BCUT2D eigenvalue weighted by atomic mass is 10.1. The fourth-order valence-corrected chi connectivity index (χ4v) is 3.20. The van der Waals surface area contributed by atoms with Crippen molar-refractivity contribution in [3.8, 4) is 0 Å². The molecule has 2 aromatic rings. The normalized spacial score (nSPS) is 11.0. The minimum absolute atomic E-state index is 0.0904. The number of hydrogen-bond donors (Lipinski definition) is 3. The van der Waals surface area contributed by atoms with Crippen molar-refractivity contribution in [3.05, 3.63) is 59.4 Å². The Kier molecular flexibility index (Phi) is 7.03. The Bertz CT molecular complexity index is 914. The first-order chi connectivity index (χ1) is 12.8. The maximum absolute atomic E-state index is 12.2. The van der Waals surface area contributed by atoms with Gasteiger partial charge in [-0.05, 0) is 48.7 Å². The molecule has 0 aliphatic carbocycles. The highest BCUT2D eigenvalue weighted by Crippen LogP contribution is 2.14. The van der Waals surface area contributed by atoms with Crippen LogP contribution >= 0.6 is 0 Å². The summed E-state index contributed by atoms with van der Waals surface area (Å²) in [4.78, 5) is 27.5. The number of pyridine rings is 1. The van der Waals surface area contributed by atoms with E-state index in [4.69, 9.17) is 0 Å². The van der Waals surface area contributed by atoms with Crippen molar-refractivity contribution in [1.29, 1.82) is 0 Å². The van der Waals surface area contributed by atoms with Crippen LogP contribution in [0.4, 0.5) is 0 Å². The number of amides is 2. The van der Waals surface area contributed by atoms with Crippen LogP contribution in [0.3, 0.4) is 0 Å². The lowest BCUT2D eigenvalue weighted by Crippen LogP contribution is -2.41. The quantitative estimate of drug-likeness (QED) is 0.603. The number of nitrogens with one attached hydrogen (secondary N) is 3. The molecule has 0 bridgehead atoms. The zero-order chi connectivity index (χ0) is 19.9. The number of hydrogen-bond acceptors (Lipinski definition) is 5. The van der Waals surface area contributed by atoms with Gasteiger partial charge in [-0.3, -0.25) is 14.6 Å². The zero-order valence-corrected chi connectivity index (χ0v) is 16.0. The standard InChI is InChI=1S/C18H22N4O4S/c1-13-5-6-16(8-14(13)2)27(25,26)22-12-18(24)21-11-17(23)20-10-15-4-3-7-19-9-15/h3-9,22H,10-12H2,1-2H3,(H,20,23)(H,21,24). The number of sulfonamides is 1. The summed E-state index contributed by atoms with van der Waals surface area (Å²) < 4.78 is 26.7. The zero-order valence-electron chi connectivity index (χ0n) is 15.2. The van der Waals surface area contributed by atoms with Crippen LogP contribution < -0.4 is 15.4 Å². The van der Waals surface area contributed by atoms with Gasteiger partial charge >= 0.3 is 0 Å². The van der Waals surface area contributed by atoms with Crippen molar-refractivity contribution in [2.45, 2.75) is 25.3 Å². The Balaban J connectivity index is 1.76. The first kappa shape index (κ1) is 20.5. The molecular formula is C18H22N4O4S. The molecule has 0 saturated heterocycles. The van der Waals surface area contributed by atoms with Gasteiger partial charge in [0, 0.05) is 18.9 Å². The molecule has 144 valence electrons. The molecule has 1 heterocycles. The van der Waals surface area contributed by atoms with Gasteiger partial charge in [0.1, 0.15) is 0 Å². The van der Waals surface area contributed by atoms with Crippen molar-refractivity contribution >= 4 is 21.8 Å². The number of carbonyl (C=O) groups excluding carboxylic acids is 2. The van der Waals surface area contributed by atoms with Crippen LogP contribution in [-0.2, 0) is 26.2 Å². The average Bonchev–Trinajstić information content (AvgIpc) is 2.66. The molecule has 0 spiro atoms. The summed E-state index contributed by atoms with van der Waals surface area (Å²) in [6, 6.07) is 8.30. The minimum Gasteiger partial charge on any atom is -0.350 e. The second kappa shape index (κ2) is 9.24. The molecule has 0 saturated carbocycles. The number of aryl methyl sites for hydroxylation is 2. The predicted molar refractivity (Wildman–Crippen MR) is 100 cm³/mol. The van der Waals surface area contributed by atoms with Gasteiger partial charge in [0.05, 0.1) is 18.0 Å². The molecule has 3 N–H and O–H groups in total. The second-order valence-corrected chi connectivity index (χ2v) is 7.75. The van der Waals surface area contributed by atoms with Gasteiger partial charge in [0.15, 0.2) is 0 Å². The van der Waals surface area contributed by atoms with Crippen LogP contribution in [0.2, 0.25) is 0 Å². The van der Waals surface area contributed by atoms with E-state index in [0.29, 0.717) is 6.54 Å². The summed E-state index contributed by atoms with van der Waals surface area (Å²) in [6.45, 7) is 3.29. The Labute approximate surface area is 158 Å². The van der Waals surface area contributed by atoms with Crippen molar-refractivity contribution in [1.82, 2.24) is 20.3 Å². The van der Waals surface area contributed by atoms with Crippen molar-refractivity contribution in [2.75, 3.05) is 13.1 Å². The van der Waals surface area contributed by atoms with Gasteiger partial charge in [-0.25, -0.2) is 13.1 Å². The summed E-state index contributed by atoms with van der Waals surface area (Å²) in [7, 11) is -3.80. The van der Waals surface area contributed by atoms with Crippen LogP contribution in [0.5, 0.6) is 0 Å². The van der Waals surface area contributed by atoms with Gasteiger partial charge < -0.3 is 10.6 Å². The number of nitrogens with zero attached hydrogens (tertiary/aromatic N) is 1. The van der Waals surface area contributed by atoms with Gasteiger partial charge in [-0.1, -0.05) is 12.1 Å². The van der Waals surface area contributed by atoms with E-state index in [1.54, 1.807) is 30.6 Å². The molecule has 0 atom stereocenters. The predicted octanol–water partition coefficient (Wildman–Crippen LogP) is 0.409. The lowest BCUT2D eigenvalue weighted by Gasteiger charge is -2.09. The summed E-state index contributed by atoms with van der Waals surface area (Å²) in [5.41, 5.74) is 2.65. The molecule has 1 aromatic heterocycles. The Morgan fingerprint density at radius 3 is 2.41 bits per heavy atom. The highest BCUT2D eigenvalue weighted by atomic mass is 32.2. The monoisotopic (exact) mass is 390 g/mol. The van der Waals surface area contributed by atoms with E-state index in [9.17, 15) is 18.0 Å². The van der Waals surface area contributed by atoms with Crippen LogP contribution in [0.1, 0.15) is 16.7 Å². The molecular weight excluding hydrogens is 368 g/mol. The highest BCUT2D eigenvalue weighted by molar-refractivity contribution is 7.89. The van der Waals surface area contributed by atoms with E-state index in [1.807, 2.05) is 19.9 Å². The topological polar surface area (TPSA) is 117 Å². The molecule has 1 aromatic carbocycles. The van der Waals surface area contributed by atoms with Crippen LogP contribution in [-0.4, -0.2) is 38.3 Å². The summed E-state index contributed by atoms with van der Waals surface area (Å²) in [6.07, 6.45) is 3.25. The van der Waals surface area contributed by atoms with Crippen molar-refractivity contribution in [3.63, 3.8) is 0 Å². The highest BCUT2D eigenvalue weighted by Gasteiger charge is 2.16. The van der Waals surface area contributed by atoms with Crippen LogP contribution in [0.25, 0.3) is 0 Å². The number of rotatable bonds is 8. The lowest BCUT2D eigenvalue weighted by molar-refractivity contribution is -0.125. The SMILES string of the molecule is Cc1ccc(S(=O)(=O)NCC(=O)NCC(=O)NCc2cccnc2)cc1C. The average molecular weight is 390 g/mol. The summed E-state index contributed by atoms with van der Waals surface area (Å²) in [5, 5.41) is 5.00. The minimum atomic E-state index is -3.80. The molecule has 0 fully saturated rings. The second-order valence-electron chi connectivity index (χ2n) is 5.99. The van der Waals surface area contributed by atoms with E-state index in [-0.39, 0.29) is 17.3 Å². The maximum atomic E-state index is 12.2. The number of aromatic nitrogens is 1. The Morgan fingerprint density at radius 1 is 1.00 bits per heavy atom. The van der Waals surface area contributed by atoms with Crippen LogP contribution in [0, 0.1) is 13.8 Å². The molecule has 8 nitrogen and oxygen atoms in total. The van der Waals surface area contributed by atoms with Crippen LogP contribution in [0.15, 0.2) is 47.6 Å². The summed E-state index contributed by atoms with van der Waals surface area (Å²) in [5.74, 6) is -0.983. The van der Waals surface area contributed by atoms with Crippen molar-refractivity contribution in [2.24, 2.45) is 0 Å². The van der Waals surface area contributed by atoms with E-state index in [0.717, 1.165) is 16.7 Å². The third kappa shape index (κ3) is 6.46. The Morgan fingerprint density at radius 2 is 1.74 bits per heavy atom. The van der Waals surface area contributed by atoms with Crippen molar-refractivity contribution < 1.29 is 18.0 Å². The van der Waals surface area contributed by atoms with Gasteiger partial charge in [-0.15, -0.1) is 0 Å². The van der Waals surface area contributed by atoms with E-state index in [2.05, 4.69) is 20.3 Å². The molecule has 0 aliphatic rings. The molecule has 0 aliphatic heterocycles. The fraction of sp³-hybridized carbons (Fsp3) is 0.278. The first-order valence-electron chi connectivity index (χ1n) is 8.27. The van der Waals surface area contributed by atoms with E-state index < -0.39 is 22.5 Å². The molecule has 2 amide bonds. The third-order valence-corrected chi connectivity index (χ3v) is 5.27. The molecule has 0 unspecified atom stereocenters. The summed E-state index contributed by atoms with van der Waals surface area (Å²) >= 11 is 0. The number of carbonyl (C=O) groups is 2. The smallest absolute Gasteiger partial charge is 0.241 e. The van der Waals surface area contributed by atoms with Gasteiger partial charge in [-0.2, -0.15) is 0 Å². The molecule has 27 heavy (non-hydrogen) atoms. The molecule has 9 heteroatoms. The largest absolute Gasteiger partial charge is 0.350 e. The van der Waals surface area contributed by atoms with Gasteiger partial charge in [0.2, 0.25) is 21.8 Å². The fourth-order valence-electron chi connectivity index (χ4n) is 2.13.